The minimum absolute atomic E-state index is 0.130. The van der Waals surface area contributed by atoms with Gasteiger partial charge in [0, 0.05) is 21.0 Å². The lowest BCUT2D eigenvalue weighted by molar-refractivity contribution is -0.131. The van der Waals surface area contributed by atoms with Crippen molar-refractivity contribution in [3.05, 3.63) is 11.6 Å². The van der Waals surface area contributed by atoms with Crippen LogP contribution < -0.4 is 0 Å². The highest BCUT2D eigenvalue weighted by Gasteiger charge is 2.55. The molecular formula is C18H24O2. The number of hydrogen-bond donors (Lipinski definition) is 0. The molecule has 0 heterocycles. The average molecular weight is 274 g/mol. The molecule has 3 saturated carbocycles. The van der Waals surface area contributed by atoms with E-state index in [1.54, 1.807) is 6.08 Å². The number of carbonyl (C=O) groups excluding carboxylic acids is 2. The van der Waals surface area contributed by atoms with Crippen molar-refractivity contribution in [1.82, 2.24) is 0 Å². The second kappa shape index (κ2) is 4.29. The predicted molar refractivity (Wildman–Crippen MR) is 77.1 cm³/mol. The van der Waals surface area contributed by atoms with E-state index in [-0.39, 0.29) is 23.0 Å². The van der Waals surface area contributed by atoms with Crippen LogP contribution in [0.25, 0.3) is 0 Å². The molecule has 0 spiro atoms. The van der Waals surface area contributed by atoms with Crippen LogP contribution in [0.4, 0.5) is 0 Å². The Hall–Kier alpha value is -0.920. The molecule has 108 valence electrons. The molecule has 0 saturated heterocycles. The number of rotatable bonds is 0. The van der Waals surface area contributed by atoms with E-state index in [1.165, 1.54) is 0 Å². The number of Topliss-reactive ketones (excluding diaryl/α,β-unsaturated/α-hetero) is 1. The van der Waals surface area contributed by atoms with Gasteiger partial charge in [0.25, 0.3) is 0 Å². The van der Waals surface area contributed by atoms with E-state index in [0.717, 1.165) is 31.3 Å². The van der Waals surface area contributed by atoms with Gasteiger partial charge in [0.1, 0.15) is 5.78 Å². The zero-order chi connectivity index (χ0) is 15.6. The smallest absolute Gasteiger partial charge is 0.155 e. The number of carbonyl (C=O) groups is 2. The van der Waals surface area contributed by atoms with Gasteiger partial charge in [-0.3, -0.25) is 9.59 Å². The molecule has 20 heavy (non-hydrogen) atoms. The quantitative estimate of drug-likeness (QED) is 0.675. The van der Waals surface area contributed by atoms with Gasteiger partial charge in [-0.2, -0.15) is 0 Å². The molecule has 0 bridgehead atoms. The summed E-state index contributed by atoms with van der Waals surface area (Å²) in [6.45, 7) is 2.10. The molecule has 0 aromatic rings. The molecule has 2 heteroatoms. The molecule has 7 atom stereocenters. The Kier molecular flexibility index (Phi) is 2.31. The minimum atomic E-state index is -0.575. The summed E-state index contributed by atoms with van der Waals surface area (Å²) < 4.78 is 17.1. The van der Waals surface area contributed by atoms with Gasteiger partial charge in [-0.25, -0.2) is 0 Å². The van der Waals surface area contributed by atoms with Crippen molar-refractivity contribution in [3.8, 4) is 0 Å². The summed E-state index contributed by atoms with van der Waals surface area (Å²) in [7, 11) is 0. The minimum Gasteiger partial charge on any atom is -0.299 e. The van der Waals surface area contributed by atoms with Gasteiger partial charge in [-0.1, -0.05) is 12.5 Å². The van der Waals surface area contributed by atoms with E-state index in [2.05, 4.69) is 6.92 Å². The summed E-state index contributed by atoms with van der Waals surface area (Å²) in [5.74, 6) is 1.69. The first kappa shape index (κ1) is 10.8. The van der Waals surface area contributed by atoms with Gasteiger partial charge < -0.3 is 0 Å². The van der Waals surface area contributed by atoms with Crippen molar-refractivity contribution < 1.29 is 12.3 Å². The third-order valence-corrected chi connectivity index (χ3v) is 6.58. The molecule has 3 fully saturated rings. The zero-order valence-electron chi connectivity index (χ0n) is 14.1. The number of hydrogen-bond acceptors (Lipinski definition) is 2. The van der Waals surface area contributed by atoms with Gasteiger partial charge in [0.2, 0.25) is 0 Å². The van der Waals surface area contributed by atoms with Crippen molar-refractivity contribution in [1.29, 1.82) is 0 Å². The maximum absolute atomic E-state index is 12.4. The van der Waals surface area contributed by atoms with Crippen LogP contribution in [0.3, 0.4) is 0 Å². The molecular weight excluding hydrogens is 248 g/mol. The van der Waals surface area contributed by atoms with Crippen LogP contribution in [0.1, 0.15) is 61.0 Å². The molecule has 4 aliphatic carbocycles. The third kappa shape index (κ3) is 1.63. The summed E-state index contributed by atoms with van der Waals surface area (Å²) in [4.78, 5) is 24.1. The SMILES string of the molecule is [2H][C@@H]1[C@@H]2[C@H](CC[C@]3(C)C(=O)CC[C@@H]23)[C@H]2CCC(=O)C=C2[C@@H]1[2H]. The molecule has 0 amide bonds. The van der Waals surface area contributed by atoms with E-state index < -0.39 is 12.8 Å². The first-order chi connectivity index (χ1) is 10.4. The fraction of sp³-hybridized carbons (Fsp3) is 0.778. The van der Waals surface area contributed by atoms with E-state index in [0.29, 0.717) is 30.5 Å². The van der Waals surface area contributed by atoms with E-state index in [1.807, 2.05) is 0 Å². The normalized spacial score (nSPS) is 56.1. The Morgan fingerprint density at radius 3 is 2.90 bits per heavy atom. The topological polar surface area (TPSA) is 34.1 Å². The maximum atomic E-state index is 12.4. The standard InChI is InChI=1S/C18H24O2/c1-18-9-8-14-13-5-3-12(19)10-11(13)2-4-15(14)16(18)6-7-17(18)20/h10,13-16H,2-9H2,1H3/t13-,14+,15+,16-,18-/m0/s1/i2D,4D/t2-,4+,13+,14-,15-,16+,18+/m1. The first-order valence-corrected chi connectivity index (χ1v) is 8.05. The first-order valence-electron chi connectivity index (χ1n) is 9.21. The monoisotopic (exact) mass is 274 g/mol. The molecule has 0 N–H and O–H groups in total. The fourth-order valence-electron chi connectivity index (χ4n) is 5.43. The van der Waals surface area contributed by atoms with Crippen LogP contribution >= 0.6 is 0 Å². The second-order valence-electron chi connectivity index (χ2n) is 7.38. The Labute approximate surface area is 123 Å². The highest BCUT2D eigenvalue weighted by atomic mass is 16.1. The summed E-state index contributed by atoms with van der Waals surface area (Å²) >= 11 is 0. The van der Waals surface area contributed by atoms with Crippen molar-refractivity contribution in [3.63, 3.8) is 0 Å². The van der Waals surface area contributed by atoms with Gasteiger partial charge in [-0.15, -0.1) is 0 Å². The molecule has 0 unspecified atom stereocenters. The van der Waals surface area contributed by atoms with Crippen molar-refractivity contribution in [2.45, 2.75) is 58.2 Å². The summed E-state index contributed by atoms with van der Waals surface area (Å²) in [6.07, 6.45) is 5.56. The number of fused-ring (bicyclic) bond motifs is 5. The molecule has 4 aliphatic rings. The Morgan fingerprint density at radius 1 is 1.20 bits per heavy atom. The third-order valence-electron chi connectivity index (χ3n) is 6.58. The summed E-state index contributed by atoms with van der Waals surface area (Å²) in [5.41, 5.74) is 0.678. The molecule has 4 rings (SSSR count). The maximum Gasteiger partial charge on any atom is 0.155 e. The van der Waals surface area contributed by atoms with E-state index in [4.69, 9.17) is 2.74 Å². The van der Waals surface area contributed by atoms with Crippen molar-refractivity contribution in [2.75, 3.05) is 0 Å². The Morgan fingerprint density at radius 2 is 2.05 bits per heavy atom. The van der Waals surface area contributed by atoms with Crippen molar-refractivity contribution >= 4 is 11.6 Å². The van der Waals surface area contributed by atoms with E-state index in [9.17, 15) is 9.59 Å². The van der Waals surface area contributed by atoms with Gasteiger partial charge in [0.15, 0.2) is 5.78 Å². The molecule has 2 nitrogen and oxygen atoms in total. The van der Waals surface area contributed by atoms with Crippen LogP contribution in [0, 0.1) is 29.1 Å². The molecule has 0 aromatic carbocycles. The lowest BCUT2D eigenvalue weighted by atomic mass is 9.52. The zero-order valence-corrected chi connectivity index (χ0v) is 12.1. The number of allylic oxidation sites excluding steroid dienone is 1. The van der Waals surface area contributed by atoms with Crippen LogP contribution in [-0.4, -0.2) is 11.6 Å². The van der Waals surface area contributed by atoms with Crippen LogP contribution in [-0.2, 0) is 9.59 Å². The summed E-state index contributed by atoms with van der Waals surface area (Å²) in [6, 6.07) is 0. The van der Waals surface area contributed by atoms with Crippen LogP contribution in [0.5, 0.6) is 0 Å². The highest BCUT2D eigenvalue weighted by molar-refractivity contribution is 5.91. The van der Waals surface area contributed by atoms with E-state index >= 15 is 0 Å². The van der Waals surface area contributed by atoms with Gasteiger partial charge in [-0.05, 0) is 68.2 Å². The largest absolute Gasteiger partial charge is 0.299 e. The fourth-order valence-corrected chi connectivity index (χ4v) is 5.43. The van der Waals surface area contributed by atoms with Crippen LogP contribution in [0.15, 0.2) is 11.6 Å². The predicted octanol–water partition coefficient (Wildman–Crippen LogP) is 3.70. The molecule has 0 radical (unpaired) electrons. The highest BCUT2D eigenvalue weighted by Crippen LogP contribution is 2.60. The van der Waals surface area contributed by atoms with Gasteiger partial charge >= 0.3 is 0 Å². The molecule has 0 aromatic heterocycles. The van der Waals surface area contributed by atoms with Crippen LogP contribution in [0.2, 0.25) is 0 Å². The second-order valence-corrected chi connectivity index (χ2v) is 7.38. The Balaban J connectivity index is 1.74. The lowest BCUT2D eigenvalue weighted by Gasteiger charge is -2.52. The van der Waals surface area contributed by atoms with Gasteiger partial charge in [0.05, 0.1) is 0 Å². The lowest BCUT2D eigenvalue weighted by Crippen LogP contribution is -2.46. The van der Waals surface area contributed by atoms with Crippen molar-refractivity contribution in [2.24, 2.45) is 29.1 Å². The average Bonchev–Trinajstić information content (AvgIpc) is 2.80. The molecule has 0 aliphatic heterocycles. The number of ketones is 2. The Bertz CT molecular complexity index is 569. The summed E-state index contributed by atoms with van der Waals surface area (Å²) in [5, 5.41) is 0.